The summed E-state index contributed by atoms with van der Waals surface area (Å²) in [5, 5.41) is 12.7. The maximum absolute atomic E-state index is 6.24. The van der Waals surface area contributed by atoms with Gasteiger partial charge in [0.25, 0.3) is 0 Å². The van der Waals surface area contributed by atoms with Crippen LogP contribution >= 0.6 is 34.8 Å². The number of hydrogen-bond acceptors (Lipinski definition) is 3. The molecule has 2 rings (SSSR count). The predicted molar refractivity (Wildman–Crippen MR) is 82.4 cm³/mol. The van der Waals surface area contributed by atoms with Crippen molar-refractivity contribution in [2.75, 3.05) is 0 Å². The monoisotopic (exact) mass is 332 g/mol. The predicted octanol–water partition coefficient (Wildman–Crippen LogP) is 4.19. The molecule has 0 amide bonds. The molecule has 4 nitrogen and oxygen atoms in total. The van der Waals surface area contributed by atoms with Crippen molar-refractivity contribution in [3.8, 4) is 0 Å². The molecule has 0 fully saturated rings. The average molecular weight is 334 g/mol. The number of nitrogens with one attached hydrogen (secondary N) is 1. The molecular formula is C13H15Cl3N4. The highest BCUT2D eigenvalue weighted by Gasteiger charge is 2.18. The van der Waals surface area contributed by atoms with E-state index in [-0.39, 0.29) is 12.1 Å². The number of aryl methyl sites for hydroxylation is 1. The fraction of sp³-hybridized carbons (Fsp3) is 0.385. The number of aromatic nitrogens is 3. The molecule has 108 valence electrons. The number of nitrogens with zero attached hydrogens (tertiary/aromatic N) is 3. The highest BCUT2D eigenvalue weighted by molar-refractivity contribution is 6.48. The van der Waals surface area contributed by atoms with Gasteiger partial charge in [0.2, 0.25) is 0 Å². The van der Waals surface area contributed by atoms with Gasteiger partial charge in [-0.25, -0.2) is 0 Å². The van der Waals surface area contributed by atoms with Crippen LogP contribution in [0, 0.1) is 0 Å². The van der Waals surface area contributed by atoms with E-state index in [1.165, 1.54) is 0 Å². The van der Waals surface area contributed by atoms with Gasteiger partial charge >= 0.3 is 0 Å². The van der Waals surface area contributed by atoms with Crippen LogP contribution in [0.5, 0.6) is 0 Å². The number of halogens is 3. The summed E-state index contributed by atoms with van der Waals surface area (Å²) in [5.74, 6) is 0.855. The Balaban J connectivity index is 2.19. The molecule has 0 aliphatic carbocycles. The van der Waals surface area contributed by atoms with Crippen molar-refractivity contribution < 1.29 is 0 Å². The van der Waals surface area contributed by atoms with Gasteiger partial charge in [-0.05, 0) is 25.5 Å². The summed E-state index contributed by atoms with van der Waals surface area (Å²) in [6, 6.07) is 3.65. The first-order chi connectivity index (χ1) is 9.41. The van der Waals surface area contributed by atoms with Crippen LogP contribution < -0.4 is 5.32 Å². The first-order valence-corrected chi connectivity index (χ1v) is 7.28. The van der Waals surface area contributed by atoms with Gasteiger partial charge in [0.15, 0.2) is 0 Å². The van der Waals surface area contributed by atoms with E-state index in [0.29, 0.717) is 15.1 Å². The van der Waals surface area contributed by atoms with E-state index in [2.05, 4.69) is 15.5 Å². The topological polar surface area (TPSA) is 42.7 Å². The molecule has 0 saturated carbocycles. The molecule has 0 aliphatic rings. The Kier molecular flexibility index (Phi) is 4.91. The van der Waals surface area contributed by atoms with Crippen LogP contribution in [-0.2, 0) is 7.05 Å². The Morgan fingerprint density at radius 1 is 1.10 bits per heavy atom. The minimum Gasteiger partial charge on any atom is -0.319 e. The fourth-order valence-corrected chi connectivity index (χ4v) is 2.81. The summed E-state index contributed by atoms with van der Waals surface area (Å²) < 4.78 is 1.88. The Hall–Kier alpha value is -0.810. The molecule has 20 heavy (non-hydrogen) atoms. The molecule has 0 radical (unpaired) electrons. The summed E-state index contributed by atoms with van der Waals surface area (Å²) in [5.41, 5.74) is 0.898. The molecule has 0 aliphatic heterocycles. The Morgan fingerprint density at radius 3 is 2.40 bits per heavy atom. The zero-order valence-corrected chi connectivity index (χ0v) is 13.6. The summed E-state index contributed by atoms with van der Waals surface area (Å²) in [6.07, 6.45) is 1.67. The lowest BCUT2D eigenvalue weighted by atomic mass is 10.1. The van der Waals surface area contributed by atoms with Crippen molar-refractivity contribution >= 4 is 34.8 Å². The van der Waals surface area contributed by atoms with E-state index in [4.69, 9.17) is 34.8 Å². The zero-order chi connectivity index (χ0) is 14.9. The number of benzene rings is 1. The SMILES string of the molecule is CC(NC(C)c1nncn1C)c1ccc(Cl)c(Cl)c1Cl. The van der Waals surface area contributed by atoms with Crippen molar-refractivity contribution in [2.45, 2.75) is 25.9 Å². The fourth-order valence-electron chi connectivity index (χ4n) is 2.10. The third-order valence-corrected chi connectivity index (χ3v) is 4.47. The van der Waals surface area contributed by atoms with Crippen LogP contribution in [0.1, 0.15) is 37.3 Å². The highest BCUT2D eigenvalue weighted by Crippen LogP contribution is 2.35. The minimum atomic E-state index is 0.00367. The van der Waals surface area contributed by atoms with Crippen molar-refractivity contribution in [3.05, 3.63) is 44.9 Å². The highest BCUT2D eigenvalue weighted by atomic mass is 35.5. The molecule has 2 unspecified atom stereocenters. The van der Waals surface area contributed by atoms with E-state index in [1.807, 2.05) is 31.5 Å². The second kappa shape index (κ2) is 6.31. The Morgan fingerprint density at radius 2 is 1.80 bits per heavy atom. The molecular weight excluding hydrogens is 319 g/mol. The average Bonchev–Trinajstić information content (AvgIpc) is 2.82. The lowest BCUT2D eigenvalue weighted by molar-refractivity contribution is 0.466. The van der Waals surface area contributed by atoms with Gasteiger partial charge in [-0.3, -0.25) is 0 Å². The van der Waals surface area contributed by atoms with Gasteiger partial charge in [0.05, 0.1) is 21.1 Å². The first-order valence-electron chi connectivity index (χ1n) is 6.15. The molecule has 1 heterocycles. The van der Waals surface area contributed by atoms with E-state index in [9.17, 15) is 0 Å². The van der Waals surface area contributed by atoms with Gasteiger partial charge in [0.1, 0.15) is 12.2 Å². The van der Waals surface area contributed by atoms with Crippen molar-refractivity contribution in [1.29, 1.82) is 0 Å². The molecule has 1 N–H and O–H groups in total. The van der Waals surface area contributed by atoms with Crippen LogP contribution in [0.2, 0.25) is 15.1 Å². The maximum Gasteiger partial charge on any atom is 0.149 e. The van der Waals surface area contributed by atoms with Gasteiger partial charge in [-0.2, -0.15) is 0 Å². The van der Waals surface area contributed by atoms with Gasteiger partial charge in [-0.15, -0.1) is 10.2 Å². The first kappa shape index (κ1) is 15.6. The summed E-state index contributed by atoms with van der Waals surface area (Å²) >= 11 is 18.3. The standard InChI is InChI=1S/C13H15Cl3N4/c1-7(9-4-5-10(14)12(16)11(9)15)18-8(2)13-19-17-6-20(13)3/h4-8,18H,1-3H3. The van der Waals surface area contributed by atoms with Crippen LogP contribution in [-0.4, -0.2) is 14.8 Å². The largest absolute Gasteiger partial charge is 0.319 e. The smallest absolute Gasteiger partial charge is 0.149 e. The molecule has 1 aromatic heterocycles. The Labute approximate surface area is 133 Å². The van der Waals surface area contributed by atoms with Crippen LogP contribution in [0.3, 0.4) is 0 Å². The van der Waals surface area contributed by atoms with Gasteiger partial charge in [0, 0.05) is 13.1 Å². The van der Waals surface area contributed by atoms with E-state index in [1.54, 1.807) is 12.4 Å². The molecule has 0 saturated heterocycles. The van der Waals surface area contributed by atoms with Gasteiger partial charge in [-0.1, -0.05) is 40.9 Å². The lowest BCUT2D eigenvalue weighted by Crippen LogP contribution is -2.25. The second-order valence-corrected chi connectivity index (χ2v) is 5.84. The number of hydrogen-bond donors (Lipinski definition) is 1. The van der Waals surface area contributed by atoms with E-state index < -0.39 is 0 Å². The summed E-state index contributed by atoms with van der Waals surface area (Å²) in [4.78, 5) is 0. The molecule has 0 bridgehead atoms. The molecule has 2 atom stereocenters. The van der Waals surface area contributed by atoms with Gasteiger partial charge < -0.3 is 9.88 Å². The normalized spacial score (nSPS) is 14.3. The summed E-state index contributed by atoms with van der Waals surface area (Å²) in [7, 11) is 1.91. The minimum absolute atomic E-state index is 0.00367. The third kappa shape index (κ3) is 3.09. The van der Waals surface area contributed by atoms with E-state index in [0.717, 1.165) is 11.4 Å². The van der Waals surface area contributed by atoms with Crippen LogP contribution in [0.25, 0.3) is 0 Å². The van der Waals surface area contributed by atoms with E-state index >= 15 is 0 Å². The molecule has 7 heteroatoms. The molecule has 0 spiro atoms. The second-order valence-electron chi connectivity index (χ2n) is 4.67. The number of rotatable bonds is 4. The lowest BCUT2D eigenvalue weighted by Gasteiger charge is -2.21. The third-order valence-electron chi connectivity index (χ3n) is 3.17. The maximum atomic E-state index is 6.24. The molecule has 2 aromatic rings. The van der Waals surface area contributed by atoms with Crippen LogP contribution in [0.4, 0.5) is 0 Å². The zero-order valence-electron chi connectivity index (χ0n) is 11.4. The molecule has 1 aromatic carbocycles. The Bertz CT molecular complexity index is 612. The van der Waals surface area contributed by atoms with Crippen molar-refractivity contribution in [3.63, 3.8) is 0 Å². The quantitative estimate of drug-likeness (QED) is 0.853. The van der Waals surface area contributed by atoms with Crippen LogP contribution in [0.15, 0.2) is 18.5 Å². The van der Waals surface area contributed by atoms with Crippen molar-refractivity contribution in [2.24, 2.45) is 7.05 Å². The van der Waals surface area contributed by atoms with Crippen molar-refractivity contribution in [1.82, 2.24) is 20.1 Å². The summed E-state index contributed by atoms with van der Waals surface area (Å²) in [6.45, 7) is 4.03.